The minimum Gasteiger partial charge on any atom is -0.343 e. The molecule has 1 aliphatic heterocycles. The van der Waals surface area contributed by atoms with Crippen LogP contribution in [-0.2, 0) is 0 Å². The number of hydrogen-bond acceptors (Lipinski definition) is 4. The third-order valence-electron chi connectivity index (χ3n) is 3.68. The first-order chi connectivity index (χ1) is 9.63. The Morgan fingerprint density at radius 1 is 1.50 bits per heavy atom. The fraction of sp³-hybridized carbons (Fsp3) is 0.533. The fourth-order valence-corrected chi connectivity index (χ4v) is 4.12. The Labute approximate surface area is 128 Å². The highest BCUT2D eigenvalue weighted by atomic mass is 35.5. The molecule has 2 heterocycles. The maximum absolute atomic E-state index is 6.07. The maximum atomic E-state index is 6.07. The molecule has 1 saturated heterocycles. The van der Waals surface area contributed by atoms with Gasteiger partial charge in [0.05, 0.1) is 10.2 Å². The summed E-state index contributed by atoms with van der Waals surface area (Å²) in [6.45, 7) is 7.68. The molecule has 1 aromatic heterocycles. The average Bonchev–Trinajstić information content (AvgIpc) is 2.81. The minimum absolute atomic E-state index is 0.541. The van der Waals surface area contributed by atoms with Gasteiger partial charge in [0.2, 0.25) is 0 Å². The summed E-state index contributed by atoms with van der Waals surface area (Å²) >= 11 is 7.82. The number of nitrogens with zero attached hydrogens (tertiary/aromatic N) is 2. The Morgan fingerprint density at radius 2 is 2.35 bits per heavy atom. The van der Waals surface area contributed by atoms with E-state index in [1.807, 2.05) is 18.2 Å². The molecule has 1 fully saturated rings. The highest BCUT2D eigenvalue weighted by Crippen LogP contribution is 2.32. The van der Waals surface area contributed by atoms with E-state index >= 15 is 0 Å². The molecule has 0 radical (unpaired) electrons. The van der Waals surface area contributed by atoms with Gasteiger partial charge in [-0.2, -0.15) is 0 Å². The molecule has 1 aliphatic rings. The summed E-state index contributed by atoms with van der Waals surface area (Å²) in [7, 11) is 0. The van der Waals surface area contributed by atoms with E-state index < -0.39 is 0 Å². The summed E-state index contributed by atoms with van der Waals surface area (Å²) in [6, 6.07) is 6.48. The van der Waals surface area contributed by atoms with Crippen LogP contribution in [0.25, 0.3) is 10.2 Å². The molecule has 1 N–H and O–H groups in total. The normalized spacial score (nSPS) is 20.0. The number of fused-ring (bicyclic) bond motifs is 1. The Balaban J connectivity index is 1.90. The van der Waals surface area contributed by atoms with Gasteiger partial charge in [-0.15, -0.1) is 0 Å². The molecule has 1 atom stereocenters. The monoisotopic (exact) mass is 309 g/mol. The van der Waals surface area contributed by atoms with Crippen molar-refractivity contribution < 1.29 is 0 Å². The van der Waals surface area contributed by atoms with Crippen molar-refractivity contribution in [1.82, 2.24) is 10.3 Å². The number of hydrogen-bond donors (Lipinski definition) is 1. The summed E-state index contributed by atoms with van der Waals surface area (Å²) in [5, 5.41) is 5.41. The Kier molecular flexibility index (Phi) is 4.15. The lowest BCUT2D eigenvalue weighted by Gasteiger charge is -2.37. The predicted molar refractivity (Wildman–Crippen MR) is 88.1 cm³/mol. The Bertz CT molecular complexity index is 596. The van der Waals surface area contributed by atoms with Crippen molar-refractivity contribution in [3.8, 4) is 0 Å². The standard InChI is InChI=1S/C15H20ClN3S/c1-10(2)7-12-9-17-5-6-19(12)15-18-13-4-3-11(16)8-14(13)20-15/h3-4,8,10,12,17H,5-7,9H2,1-2H3/t12-/m1/s1. The fourth-order valence-electron chi connectivity index (χ4n) is 2.78. The van der Waals surface area contributed by atoms with E-state index in [0.717, 1.165) is 35.3 Å². The van der Waals surface area contributed by atoms with E-state index in [9.17, 15) is 0 Å². The van der Waals surface area contributed by atoms with E-state index in [2.05, 4.69) is 24.1 Å². The van der Waals surface area contributed by atoms with Gasteiger partial charge in [-0.25, -0.2) is 4.98 Å². The summed E-state index contributed by atoms with van der Waals surface area (Å²) in [5.41, 5.74) is 1.05. The first-order valence-corrected chi connectivity index (χ1v) is 8.36. The molecule has 108 valence electrons. The largest absolute Gasteiger partial charge is 0.343 e. The number of benzene rings is 1. The minimum atomic E-state index is 0.541. The number of thiazole rings is 1. The molecule has 2 aromatic rings. The first-order valence-electron chi connectivity index (χ1n) is 7.17. The van der Waals surface area contributed by atoms with Crippen LogP contribution in [0.1, 0.15) is 20.3 Å². The average molecular weight is 310 g/mol. The van der Waals surface area contributed by atoms with Crippen molar-refractivity contribution in [3.05, 3.63) is 23.2 Å². The lowest BCUT2D eigenvalue weighted by molar-refractivity contribution is 0.407. The maximum Gasteiger partial charge on any atom is 0.186 e. The number of piperazine rings is 1. The second kappa shape index (κ2) is 5.88. The van der Waals surface area contributed by atoms with Gasteiger partial charge >= 0.3 is 0 Å². The van der Waals surface area contributed by atoms with Crippen molar-refractivity contribution in [1.29, 1.82) is 0 Å². The number of anilines is 1. The van der Waals surface area contributed by atoms with E-state index in [4.69, 9.17) is 16.6 Å². The van der Waals surface area contributed by atoms with Crippen LogP contribution in [0.15, 0.2) is 18.2 Å². The number of rotatable bonds is 3. The molecule has 3 rings (SSSR count). The highest BCUT2D eigenvalue weighted by Gasteiger charge is 2.25. The number of nitrogens with one attached hydrogen (secondary N) is 1. The zero-order chi connectivity index (χ0) is 14.1. The van der Waals surface area contributed by atoms with Gasteiger partial charge < -0.3 is 10.2 Å². The van der Waals surface area contributed by atoms with E-state index in [1.54, 1.807) is 11.3 Å². The Hall–Kier alpha value is -0.840. The highest BCUT2D eigenvalue weighted by molar-refractivity contribution is 7.22. The first kappa shape index (κ1) is 14.1. The number of halogens is 1. The summed E-state index contributed by atoms with van der Waals surface area (Å²) < 4.78 is 1.18. The van der Waals surface area contributed by atoms with Crippen molar-refractivity contribution in [2.75, 3.05) is 24.5 Å². The van der Waals surface area contributed by atoms with Gasteiger partial charge in [-0.05, 0) is 30.5 Å². The van der Waals surface area contributed by atoms with Crippen molar-refractivity contribution in [3.63, 3.8) is 0 Å². The molecule has 20 heavy (non-hydrogen) atoms. The molecule has 0 aliphatic carbocycles. The molecule has 3 nitrogen and oxygen atoms in total. The summed E-state index contributed by atoms with van der Waals surface area (Å²) in [6.07, 6.45) is 1.20. The lowest BCUT2D eigenvalue weighted by atomic mass is 10.0. The molecular formula is C15H20ClN3S. The molecule has 5 heteroatoms. The van der Waals surface area contributed by atoms with Crippen LogP contribution in [0.3, 0.4) is 0 Å². The topological polar surface area (TPSA) is 28.2 Å². The third kappa shape index (κ3) is 2.92. The predicted octanol–water partition coefficient (Wildman–Crippen LogP) is 3.77. The molecule has 0 spiro atoms. The van der Waals surface area contributed by atoms with Crippen molar-refractivity contribution >= 4 is 38.3 Å². The zero-order valence-electron chi connectivity index (χ0n) is 11.9. The molecule has 0 saturated carbocycles. The van der Waals surface area contributed by atoms with Crippen LogP contribution < -0.4 is 10.2 Å². The van der Waals surface area contributed by atoms with Gasteiger partial charge in [-0.1, -0.05) is 36.8 Å². The smallest absolute Gasteiger partial charge is 0.186 e. The van der Waals surface area contributed by atoms with Gasteiger partial charge in [0.15, 0.2) is 5.13 Å². The van der Waals surface area contributed by atoms with Gasteiger partial charge in [0.25, 0.3) is 0 Å². The van der Waals surface area contributed by atoms with Gasteiger partial charge in [0, 0.05) is 30.7 Å². The molecule has 0 bridgehead atoms. The zero-order valence-corrected chi connectivity index (χ0v) is 13.5. The van der Waals surface area contributed by atoms with Crippen molar-refractivity contribution in [2.45, 2.75) is 26.3 Å². The van der Waals surface area contributed by atoms with E-state index in [-0.39, 0.29) is 0 Å². The molecule has 0 unspecified atom stereocenters. The van der Waals surface area contributed by atoms with E-state index in [0.29, 0.717) is 12.0 Å². The lowest BCUT2D eigenvalue weighted by Crippen LogP contribution is -2.51. The molecule has 0 amide bonds. The van der Waals surface area contributed by atoms with E-state index in [1.165, 1.54) is 11.1 Å². The van der Waals surface area contributed by atoms with Crippen LogP contribution in [0, 0.1) is 5.92 Å². The second-order valence-electron chi connectivity index (χ2n) is 5.79. The third-order valence-corrected chi connectivity index (χ3v) is 4.97. The van der Waals surface area contributed by atoms with Gasteiger partial charge in [-0.3, -0.25) is 0 Å². The summed E-state index contributed by atoms with van der Waals surface area (Å²) in [5.74, 6) is 0.700. The summed E-state index contributed by atoms with van der Waals surface area (Å²) in [4.78, 5) is 7.26. The second-order valence-corrected chi connectivity index (χ2v) is 7.23. The molecule has 1 aromatic carbocycles. The SMILES string of the molecule is CC(C)C[C@@H]1CNCCN1c1nc2ccc(Cl)cc2s1. The number of aromatic nitrogens is 1. The van der Waals surface area contributed by atoms with Crippen LogP contribution in [0.4, 0.5) is 5.13 Å². The van der Waals surface area contributed by atoms with Crippen LogP contribution >= 0.6 is 22.9 Å². The molecular weight excluding hydrogens is 290 g/mol. The van der Waals surface area contributed by atoms with Crippen LogP contribution in [0.2, 0.25) is 5.02 Å². The van der Waals surface area contributed by atoms with Gasteiger partial charge in [0.1, 0.15) is 0 Å². The van der Waals surface area contributed by atoms with Crippen LogP contribution in [0.5, 0.6) is 0 Å². The van der Waals surface area contributed by atoms with Crippen LogP contribution in [-0.4, -0.2) is 30.7 Å². The quantitative estimate of drug-likeness (QED) is 0.935. The van der Waals surface area contributed by atoms with Crippen molar-refractivity contribution in [2.24, 2.45) is 5.92 Å². The Morgan fingerprint density at radius 3 is 3.15 bits per heavy atom.